The number of Topliss-reactive ketones (excluding diaryl/α,β-unsaturated/α-hetero) is 1. The van der Waals surface area contributed by atoms with E-state index >= 15 is 0 Å². The van der Waals surface area contributed by atoms with Gasteiger partial charge >= 0.3 is 5.97 Å². The number of ether oxygens (including phenoxy) is 3. The van der Waals surface area contributed by atoms with Gasteiger partial charge in [0, 0.05) is 24.9 Å². The average molecular weight is 453 g/mol. The van der Waals surface area contributed by atoms with Crippen molar-refractivity contribution in [3.8, 4) is 5.75 Å². The summed E-state index contributed by atoms with van der Waals surface area (Å²) in [6, 6.07) is 4.88. The fourth-order valence-corrected chi connectivity index (χ4v) is 4.93. The van der Waals surface area contributed by atoms with Crippen molar-refractivity contribution in [3.05, 3.63) is 46.8 Å². The first-order chi connectivity index (χ1) is 14.6. The maximum absolute atomic E-state index is 13.4. The second-order valence-corrected chi connectivity index (χ2v) is 8.83. The molecule has 1 atom stereocenters. The quantitative estimate of drug-likeness (QED) is 0.435. The van der Waals surface area contributed by atoms with E-state index in [-0.39, 0.29) is 29.3 Å². The highest BCUT2D eigenvalue weighted by molar-refractivity contribution is 7.89. The summed E-state index contributed by atoms with van der Waals surface area (Å²) in [5.41, 5.74) is 1.30. The van der Waals surface area contributed by atoms with Crippen LogP contribution in [-0.4, -0.2) is 70.0 Å². The molecule has 0 amide bonds. The molecule has 0 fully saturated rings. The molecule has 0 unspecified atom stereocenters. The van der Waals surface area contributed by atoms with Gasteiger partial charge in [0.2, 0.25) is 10.0 Å². The van der Waals surface area contributed by atoms with Crippen LogP contribution in [0.2, 0.25) is 0 Å². The number of carbonyl (C=O) groups is 2. The van der Waals surface area contributed by atoms with E-state index < -0.39 is 27.8 Å². The lowest BCUT2D eigenvalue weighted by Crippen LogP contribution is -2.45. The Bertz CT molecular complexity index is 1040. The third-order valence-corrected chi connectivity index (χ3v) is 7.05. The first kappa shape index (κ1) is 24.6. The zero-order chi connectivity index (χ0) is 23.3. The number of nitrogens with one attached hydrogen (secondary N) is 1. The Balaban J connectivity index is 2.47. The maximum Gasteiger partial charge on any atom is 0.354 e. The number of methoxy groups -OCH3 is 3. The van der Waals surface area contributed by atoms with Crippen LogP contribution in [0.3, 0.4) is 0 Å². The lowest BCUT2D eigenvalue weighted by Gasteiger charge is -2.27. The lowest BCUT2D eigenvalue weighted by atomic mass is 10.0. The Labute approximate surface area is 182 Å². The molecule has 0 aliphatic carbocycles. The van der Waals surface area contributed by atoms with E-state index in [1.165, 1.54) is 52.5 Å². The highest BCUT2D eigenvalue weighted by Gasteiger charge is 2.35. The zero-order valence-corrected chi connectivity index (χ0v) is 19.3. The smallest absolute Gasteiger partial charge is 0.354 e. The van der Waals surface area contributed by atoms with Crippen LogP contribution >= 0.6 is 0 Å². The number of H-pyrrole nitrogens is 1. The molecular formula is C21H28N2O7S. The van der Waals surface area contributed by atoms with Crippen molar-refractivity contribution in [2.75, 3.05) is 34.5 Å². The predicted octanol–water partition coefficient (Wildman–Crippen LogP) is 2.34. The van der Waals surface area contributed by atoms with Crippen LogP contribution in [0.15, 0.2) is 29.2 Å². The van der Waals surface area contributed by atoms with Gasteiger partial charge in [0.25, 0.3) is 0 Å². The molecule has 1 aromatic carbocycles. The van der Waals surface area contributed by atoms with Gasteiger partial charge in [-0.2, -0.15) is 4.31 Å². The van der Waals surface area contributed by atoms with Gasteiger partial charge < -0.3 is 19.2 Å². The van der Waals surface area contributed by atoms with Gasteiger partial charge in [0.05, 0.1) is 31.8 Å². The molecule has 170 valence electrons. The number of carbonyl (C=O) groups excluding carboxylic acids is 2. The minimum atomic E-state index is -4.02. The van der Waals surface area contributed by atoms with Gasteiger partial charge in [-0.3, -0.25) is 4.79 Å². The van der Waals surface area contributed by atoms with E-state index in [9.17, 15) is 18.0 Å². The molecule has 0 spiro atoms. The van der Waals surface area contributed by atoms with Crippen LogP contribution in [0.25, 0.3) is 0 Å². The van der Waals surface area contributed by atoms with Gasteiger partial charge in [0.1, 0.15) is 11.4 Å². The molecule has 9 nitrogen and oxygen atoms in total. The summed E-state index contributed by atoms with van der Waals surface area (Å²) in [5.74, 6) is -0.524. The summed E-state index contributed by atoms with van der Waals surface area (Å²) < 4.78 is 42.7. The number of aromatic amines is 1. The van der Waals surface area contributed by atoms with E-state index in [0.717, 1.165) is 4.31 Å². The minimum Gasteiger partial charge on any atom is -0.497 e. The van der Waals surface area contributed by atoms with Crippen molar-refractivity contribution in [1.29, 1.82) is 0 Å². The van der Waals surface area contributed by atoms with Gasteiger partial charge in [-0.05, 0) is 50.6 Å². The van der Waals surface area contributed by atoms with Crippen molar-refractivity contribution < 1.29 is 32.2 Å². The van der Waals surface area contributed by atoms with Crippen LogP contribution in [0.1, 0.15) is 39.0 Å². The molecule has 0 bridgehead atoms. The van der Waals surface area contributed by atoms with Crippen LogP contribution in [-0.2, 0) is 19.5 Å². The summed E-state index contributed by atoms with van der Waals surface area (Å²) in [5, 5.41) is 0. The molecule has 2 aromatic rings. The summed E-state index contributed by atoms with van der Waals surface area (Å²) >= 11 is 0. The van der Waals surface area contributed by atoms with Crippen molar-refractivity contribution >= 4 is 21.8 Å². The Morgan fingerprint density at radius 2 is 1.71 bits per heavy atom. The number of esters is 1. The van der Waals surface area contributed by atoms with Crippen molar-refractivity contribution in [3.63, 3.8) is 0 Å². The van der Waals surface area contributed by atoms with E-state index in [2.05, 4.69) is 4.98 Å². The molecule has 1 aromatic heterocycles. The average Bonchev–Trinajstić information content (AvgIpc) is 3.06. The molecule has 2 rings (SSSR count). The van der Waals surface area contributed by atoms with Crippen LogP contribution in [0.4, 0.5) is 0 Å². The van der Waals surface area contributed by atoms with Crippen molar-refractivity contribution in [2.24, 2.45) is 0 Å². The summed E-state index contributed by atoms with van der Waals surface area (Å²) in [4.78, 5) is 28.2. The molecule has 0 saturated heterocycles. The zero-order valence-electron chi connectivity index (χ0n) is 18.5. The topological polar surface area (TPSA) is 115 Å². The number of hydrogen-bond donors (Lipinski definition) is 1. The summed E-state index contributed by atoms with van der Waals surface area (Å²) in [7, 11) is 0.168. The highest BCUT2D eigenvalue weighted by atomic mass is 32.2. The molecule has 1 heterocycles. The van der Waals surface area contributed by atoms with Crippen LogP contribution in [0, 0.1) is 13.8 Å². The van der Waals surface area contributed by atoms with Crippen molar-refractivity contribution in [1.82, 2.24) is 9.29 Å². The van der Waals surface area contributed by atoms with Crippen LogP contribution in [0.5, 0.6) is 5.75 Å². The van der Waals surface area contributed by atoms with Crippen molar-refractivity contribution in [2.45, 2.75) is 31.7 Å². The molecule has 0 saturated carbocycles. The minimum absolute atomic E-state index is 0.0237. The number of aromatic nitrogens is 1. The summed E-state index contributed by atoms with van der Waals surface area (Å²) in [6.07, 6.45) is 0. The standard InChI is InChI=1S/C21H28N2O7S/c1-13-18(14(2)22-19(13)21(25)30-6)20(24)15(3)23(11-12-28-4)31(26,27)17-9-7-16(29-5)8-10-17/h7-10,15,22H,11-12H2,1-6H3/t15-/m1/s1. The number of hydrogen-bond acceptors (Lipinski definition) is 7. The molecular weight excluding hydrogens is 424 g/mol. The maximum atomic E-state index is 13.4. The fourth-order valence-electron chi connectivity index (χ4n) is 3.35. The predicted molar refractivity (Wildman–Crippen MR) is 114 cm³/mol. The van der Waals surface area contributed by atoms with Gasteiger partial charge in [0.15, 0.2) is 5.78 Å². The second kappa shape index (κ2) is 10.1. The number of benzene rings is 1. The van der Waals surface area contributed by atoms with Crippen LogP contribution < -0.4 is 4.74 Å². The lowest BCUT2D eigenvalue weighted by molar-refractivity contribution is 0.0593. The molecule has 0 radical (unpaired) electrons. The number of nitrogens with zero attached hydrogens (tertiary/aromatic N) is 1. The number of rotatable bonds is 10. The monoisotopic (exact) mass is 452 g/mol. The van der Waals surface area contributed by atoms with Gasteiger partial charge in [-0.15, -0.1) is 0 Å². The third-order valence-electron chi connectivity index (χ3n) is 5.07. The Hall–Kier alpha value is -2.69. The van der Waals surface area contributed by atoms with E-state index in [1.54, 1.807) is 13.8 Å². The van der Waals surface area contributed by atoms with E-state index in [4.69, 9.17) is 14.2 Å². The second-order valence-electron chi connectivity index (χ2n) is 6.94. The SMILES string of the molecule is COCCN([C@H](C)C(=O)c1c(C)[nH]c(C(=O)OC)c1C)S(=O)(=O)c1ccc(OC)cc1. The van der Waals surface area contributed by atoms with Gasteiger partial charge in [-0.1, -0.05) is 0 Å². The molecule has 0 aliphatic rings. The van der Waals surface area contributed by atoms with E-state index in [0.29, 0.717) is 17.0 Å². The first-order valence-corrected chi connectivity index (χ1v) is 11.0. The molecule has 10 heteroatoms. The van der Waals surface area contributed by atoms with E-state index in [1.807, 2.05) is 0 Å². The Kier molecular flexibility index (Phi) is 7.99. The normalized spacial score (nSPS) is 12.6. The molecule has 0 aliphatic heterocycles. The number of aryl methyl sites for hydroxylation is 1. The summed E-state index contributed by atoms with van der Waals surface area (Å²) in [6.45, 7) is 4.86. The first-order valence-electron chi connectivity index (χ1n) is 9.56. The molecule has 31 heavy (non-hydrogen) atoms. The number of ketones is 1. The highest BCUT2D eigenvalue weighted by Crippen LogP contribution is 2.26. The Morgan fingerprint density at radius 1 is 1.10 bits per heavy atom. The Morgan fingerprint density at radius 3 is 2.23 bits per heavy atom. The van der Waals surface area contributed by atoms with Gasteiger partial charge in [-0.25, -0.2) is 13.2 Å². The molecule has 1 N–H and O–H groups in total. The third kappa shape index (κ3) is 4.97. The number of sulfonamides is 1. The largest absolute Gasteiger partial charge is 0.497 e. The fraction of sp³-hybridized carbons (Fsp3) is 0.429.